The predicted octanol–water partition coefficient (Wildman–Crippen LogP) is 2.18. The number of hydrogen-bond donors (Lipinski definition) is 1. The van der Waals surface area contributed by atoms with Crippen molar-refractivity contribution in [2.24, 2.45) is 0 Å². The quantitative estimate of drug-likeness (QED) is 0.706. The van der Waals surface area contributed by atoms with Crippen LogP contribution in [0.5, 0.6) is 0 Å². The van der Waals surface area contributed by atoms with E-state index >= 15 is 0 Å². The van der Waals surface area contributed by atoms with Crippen LogP contribution in [0.4, 0.5) is 4.79 Å². The summed E-state index contributed by atoms with van der Waals surface area (Å²) in [5.41, 5.74) is 1.02. The third kappa shape index (κ3) is 6.19. The van der Waals surface area contributed by atoms with E-state index in [1.807, 2.05) is 35.2 Å². The van der Waals surface area contributed by atoms with Gasteiger partial charge in [0.1, 0.15) is 6.61 Å². The van der Waals surface area contributed by atoms with Gasteiger partial charge in [-0.2, -0.15) is 0 Å². The van der Waals surface area contributed by atoms with E-state index in [9.17, 15) is 9.90 Å². The van der Waals surface area contributed by atoms with Crippen molar-refractivity contribution in [3.8, 4) is 0 Å². The van der Waals surface area contributed by atoms with E-state index in [2.05, 4.69) is 9.80 Å². The maximum Gasteiger partial charge on any atom is 0.410 e. The molecule has 3 rings (SSSR count). The van der Waals surface area contributed by atoms with E-state index in [1.54, 1.807) is 0 Å². The van der Waals surface area contributed by atoms with Gasteiger partial charge in [-0.3, -0.25) is 9.80 Å². The van der Waals surface area contributed by atoms with E-state index in [4.69, 9.17) is 4.74 Å². The minimum Gasteiger partial charge on any atom is -0.445 e. The molecule has 1 amide bonds. The maximum absolute atomic E-state index is 12.2. The van der Waals surface area contributed by atoms with Crippen LogP contribution in [-0.4, -0.2) is 84.4 Å². The fourth-order valence-corrected chi connectivity index (χ4v) is 4.01. The molecule has 1 aromatic carbocycles. The van der Waals surface area contributed by atoms with Gasteiger partial charge < -0.3 is 14.7 Å². The number of nitrogens with zero attached hydrogens (tertiary/aromatic N) is 3. The molecule has 1 N–H and O–H groups in total. The summed E-state index contributed by atoms with van der Waals surface area (Å²) in [5.74, 6) is 0. The molecule has 2 aliphatic heterocycles. The van der Waals surface area contributed by atoms with Gasteiger partial charge in [-0.15, -0.1) is 0 Å². The van der Waals surface area contributed by atoms with Crippen molar-refractivity contribution in [2.75, 3.05) is 52.4 Å². The highest BCUT2D eigenvalue weighted by atomic mass is 16.6. The first-order chi connectivity index (χ1) is 13.3. The first-order valence-electron chi connectivity index (χ1n) is 10.3. The number of aliphatic hydroxyl groups is 1. The van der Waals surface area contributed by atoms with Gasteiger partial charge in [0.2, 0.25) is 0 Å². The average molecular weight is 376 g/mol. The van der Waals surface area contributed by atoms with Crippen molar-refractivity contribution in [1.82, 2.24) is 14.7 Å². The zero-order valence-corrected chi connectivity index (χ0v) is 16.3. The van der Waals surface area contributed by atoms with E-state index in [1.165, 1.54) is 19.3 Å². The largest absolute Gasteiger partial charge is 0.445 e. The van der Waals surface area contributed by atoms with Crippen LogP contribution in [0, 0.1) is 0 Å². The predicted molar refractivity (Wildman–Crippen MR) is 106 cm³/mol. The number of carbonyl (C=O) groups excluding carboxylic acids is 1. The van der Waals surface area contributed by atoms with Gasteiger partial charge in [-0.1, -0.05) is 30.3 Å². The van der Waals surface area contributed by atoms with Crippen LogP contribution in [0.3, 0.4) is 0 Å². The minimum atomic E-state index is -0.206. The standard InChI is InChI=1S/C21H33N3O3/c25-17-20-9-6-12-23(20)11-5-4-10-22-13-15-24(16-14-22)21(26)27-18-19-7-2-1-3-8-19/h1-3,7-8,20,25H,4-6,9-18H2/t20-/m0/s1. The lowest BCUT2D eigenvalue weighted by atomic mass is 10.2. The Labute approximate surface area is 162 Å². The van der Waals surface area contributed by atoms with Gasteiger partial charge in [0.15, 0.2) is 0 Å². The molecule has 0 saturated carbocycles. The summed E-state index contributed by atoms with van der Waals surface area (Å²) in [6.45, 7) is 7.27. The van der Waals surface area contributed by atoms with Crippen molar-refractivity contribution >= 4 is 6.09 Å². The monoisotopic (exact) mass is 375 g/mol. The number of likely N-dealkylation sites (tertiary alicyclic amines) is 1. The van der Waals surface area contributed by atoms with Gasteiger partial charge in [0, 0.05) is 32.2 Å². The van der Waals surface area contributed by atoms with E-state index in [0.717, 1.165) is 57.8 Å². The Morgan fingerprint density at radius 2 is 1.78 bits per heavy atom. The molecule has 2 heterocycles. The molecule has 2 aliphatic rings. The minimum absolute atomic E-state index is 0.206. The van der Waals surface area contributed by atoms with Crippen LogP contribution in [-0.2, 0) is 11.3 Å². The molecule has 0 unspecified atom stereocenters. The molecule has 1 atom stereocenters. The number of aliphatic hydroxyl groups excluding tert-OH is 1. The molecular weight excluding hydrogens is 342 g/mol. The molecule has 0 aromatic heterocycles. The molecule has 6 heteroatoms. The summed E-state index contributed by atoms with van der Waals surface area (Å²) in [7, 11) is 0. The number of rotatable bonds is 8. The fraction of sp³-hybridized carbons (Fsp3) is 0.667. The van der Waals surface area contributed by atoms with Crippen LogP contribution < -0.4 is 0 Å². The first-order valence-corrected chi connectivity index (χ1v) is 10.3. The fourth-order valence-electron chi connectivity index (χ4n) is 4.01. The SMILES string of the molecule is O=C(OCc1ccccc1)N1CCN(CCCCN2CCC[C@H]2CO)CC1. The Bertz CT molecular complexity index is 561. The Morgan fingerprint density at radius 3 is 2.52 bits per heavy atom. The summed E-state index contributed by atoms with van der Waals surface area (Å²) in [6.07, 6.45) is 4.50. The Hall–Kier alpha value is -1.63. The number of carbonyl (C=O) groups is 1. The molecule has 0 aliphatic carbocycles. The van der Waals surface area contributed by atoms with Crippen molar-refractivity contribution in [1.29, 1.82) is 0 Å². The zero-order chi connectivity index (χ0) is 18.9. The number of amides is 1. The lowest BCUT2D eigenvalue weighted by molar-refractivity contribution is 0.0709. The van der Waals surface area contributed by atoms with Gasteiger partial charge in [0.05, 0.1) is 6.61 Å². The summed E-state index contributed by atoms with van der Waals surface area (Å²) < 4.78 is 5.42. The molecule has 6 nitrogen and oxygen atoms in total. The van der Waals surface area contributed by atoms with Crippen molar-refractivity contribution in [3.05, 3.63) is 35.9 Å². The third-order valence-electron chi connectivity index (χ3n) is 5.72. The Balaban J connectivity index is 1.27. The van der Waals surface area contributed by atoms with E-state index < -0.39 is 0 Å². The third-order valence-corrected chi connectivity index (χ3v) is 5.72. The van der Waals surface area contributed by atoms with Crippen LogP contribution in [0.25, 0.3) is 0 Å². The van der Waals surface area contributed by atoms with Gasteiger partial charge >= 0.3 is 6.09 Å². The van der Waals surface area contributed by atoms with Crippen molar-refractivity contribution < 1.29 is 14.6 Å². The van der Waals surface area contributed by atoms with Crippen molar-refractivity contribution in [3.63, 3.8) is 0 Å². The summed E-state index contributed by atoms with van der Waals surface area (Å²) in [5, 5.41) is 9.38. The van der Waals surface area contributed by atoms with Gasteiger partial charge in [0.25, 0.3) is 0 Å². The Morgan fingerprint density at radius 1 is 1.04 bits per heavy atom. The highest BCUT2D eigenvalue weighted by Crippen LogP contribution is 2.17. The summed E-state index contributed by atoms with van der Waals surface area (Å²) in [6, 6.07) is 10.2. The normalized spacial score (nSPS) is 21.5. The number of ether oxygens (including phenoxy) is 1. The molecule has 27 heavy (non-hydrogen) atoms. The Kier molecular flexibility index (Phi) is 7.93. The van der Waals surface area contributed by atoms with Crippen LogP contribution in [0.1, 0.15) is 31.2 Å². The molecular formula is C21H33N3O3. The number of unbranched alkanes of at least 4 members (excludes halogenated alkanes) is 1. The molecule has 2 saturated heterocycles. The van der Waals surface area contributed by atoms with Crippen molar-refractivity contribution in [2.45, 2.75) is 38.3 Å². The topological polar surface area (TPSA) is 56.2 Å². The number of hydrogen-bond acceptors (Lipinski definition) is 5. The van der Waals surface area contributed by atoms with Crippen LogP contribution in [0.2, 0.25) is 0 Å². The zero-order valence-electron chi connectivity index (χ0n) is 16.3. The second-order valence-electron chi connectivity index (χ2n) is 7.59. The second-order valence-corrected chi connectivity index (χ2v) is 7.59. The molecule has 0 bridgehead atoms. The molecule has 1 aromatic rings. The lowest BCUT2D eigenvalue weighted by Gasteiger charge is -2.34. The highest BCUT2D eigenvalue weighted by molar-refractivity contribution is 5.67. The number of piperazine rings is 1. The maximum atomic E-state index is 12.2. The van der Waals surface area contributed by atoms with Gasteiger partial charge in [-0.05, 0) is 50.9 Å². The van der Waals surface area contributed by atoms with Crippen LogP contribution >= 0.6 is 0 Å². The molecule has 0 radical (unpaired) electrons. The molecule has 0 spiro atoms. The van der Waals surface area contributed by atoms with Crippen LogP contribution in [0.15, 0.2) is 30.3 Å². The lowest BCUT2D eigenvalue weighted by Crippen LogP contribution is -2.49. The van der Waals surface area contributed by atoms with E-state index in [-0.39, 0.29) is 6.09 Å². The average Bonchev–Trinajstić information content (AvgIpc) is 3.18. The summed E-state index contributed by atoms with van der Waals surface area (Å²) >= 11 is 0. The second kappa shape index (κ2) is 10.6. The van der Waals surface area contributed by atoms with E-state index in [0.29, 0.717) is 19.3 Å². The van der Waals surface area contributed by atoms with Gasteiger partial charge in [-0.25, -0.2) is 4.79 Å². The smallest absolute Gasteiger partial charge is 0.410 e. The highest BCUT2D eigenvalue weighted by Gasteiger charge is 2.24. The molecule has 150 valence electrons. The number of benzene rings is 1. The first kappa shape index (κ1) is 20.1. The summed E-state index contributed by atoms with van der Waals surface area (Å²) in [4.78, 5) is 18.9. The molecule has 2 fully saturated rings.